The van der Waals surface area contributed by atoms with Gasteiger partial charge < -0.3 is 5.32 Å². The van der Waals surface area contributed by atoms with Crippen LogP contribution in [0, 0.1) is 5.92 Å². The second-order valence-corrected chi connectivity index (χ2v) is 8.77. The highest BCUT2D eigenvalue weighted by Gasteiger charge is 2.26. The molecule has 5 nitrogen and oxygen atoms in total. The smallest absolute Gasteiger partial charge is 0.251 e. The number of carbonyl (C=O) groups excluding carboxylic acids is 1. The number of piperidine rings is 1. The quantitative estimate of drug-likeness (QED) is 0.878. The normalized spacial score (nSPS) is 18.4. The number of nitrogens with zero attached hydrogens (tertiary/aromatic N) is 1. The van der Waals surface area contributed by atoms with E-state index in [0.29, 0.717) is 25.2 Å². The van der Waals surface area contributed by atoms with Crippen molar-refractivity contribution in [2.75, 3.05) is 25.9 Å². The molecule has 1 amide bonds. The molecule has 1 aliphatic heterocycles. The summed E-state index contributed by atoms with van der Waals surface area (Å²) < 4.78 is 24.9. The highest BCUT2D eigenvalue weighted by atomic mass is 32.2. The molecular weight excluding hydrogens is 348 g/mol. The van der Waals surface area contributed by atoms with Gasteiger partial charge in [0.2, 0.25) is 10.0 Å². The van der Waals surface area contributed by atoms with E-state index in [0.717, 1.165) is 24.0 Å². The number of hydrogen-bond acceptors (Lipinski definition) is 3. The van der Waals surface area contributed by atoms with Crippen molar-refractivity contribution in [3.05, 3.63) is 60.2 Å². The van der Waals surface area contributed by atoms with Gasteiger partial charge in [0.05, 0.1) is 6.26 Å². The van der Waals surface area contributed by atoms with Crippen molar-refractivity contribution in [3.63, 3.8) is 0 Å². The maximum absolute atomic E-state index is 12.4. The monoisotopic (exact) mass is 372 g/mol. The van der Waals surface area contributed by atoms with Gasteiger partial charge in [-0.25, -0.2) is 12.7 Å². The van der Waals surface area contributed by atoms with Crippen LogP contribution < -0.4 is 5.32 Å². The molecule has 6 heteroatoms. The first-order chi connectivity index (χ1) is 12.4. The summed E-state index contributed by atoms with van der Waals surface area (Å²) in [5.41, 5.74) is 2.79. The highest BCUT2D eigenvalue weighted by Crippen LogP contribution is 2.20. The number of benzene rings is 2. The minimum absolute atomic E-state index is 0.124. The second-order valence-electron chi connectivity index (χ2n) is 6.78. The van der Waals surface area contributed by atoms with E-state index in [4.69, 9.17) is 0 Å². The summed E-state index contributed by atoms with van der Waals surface area (Å²) in [6.45, 7) is 1.54. The third kappa shape index (κ3) is 4.71. The molecule has 1 fully saturated rings. The predicted molar refractivity (Wildman–Crippen MR) is 103 cm³/mol. The van der Waals surface area contributed by atoms with Crippen molar-refractivity contribution in [2.45, 2.75) is 12.8 Å². The minimum Gasteiger partial charge on any atom is -0.352 e. The molecule has 2 aromatic carbocycles. The average molecular weight is 372 g/mol. The molecule has 1 N–H and O–H groups in total. The largest absolute Gasteiger partial charge is 0.352 e. The van der Waals surface area contributed by atoms with Gasteiger partial charge in [-0.05, 0) is 42.0 Å². The SMILES string of the molecule is CS(=O)(=O)N1CCC[C@@H](CNC(=O)c2ccc(-c3ccccc3)cc2)C1. The van der Waals surface area contributed by atoms with Gasteiger partial charge in [0.25, 0.3) is 5.91 Å². The van der Waals surface area contributed by atoms with Crippen LogP contribution in [0.15, 0.2) is 54.6 Å². The lowest BCUT2D eigenvalue weighted by Crippen LogP contribution is -2.43. The van der Waals surface area contributed by atoms with E-state index in [-0.39, 0.29) is 11.8 Å². The van der Waals surface area contributed by atoms with Crippen molar-refractivity contribution in [3.8, 4) is 11.1 Å². The Labute approximate surface area is 155 Å². The lowest BCUT2D eigenvalue weighted by molar-refractivity contribution is 0.0941. The summed E-state index contributed by atoms with van der Waals surface area (Å²) in [6, 6.07) is 17.5. The number of sulfonamides is 1. The maximum Gasteiger partial charge on any atom is 0.251 e. The summed E-state index contributed by atoms with van der Waals surface area (Å²) in [5, 5.41) is 2.94. The Morgan fingerprint density at radius 3 is 2.38 bits per heavy atom. The molecule has 0 aliphatic carbocycles. The van der Waals surface area contributed by atoms with Crippen LogP contribution in [0.25, 0.3) is 11.1 Å². The fourth-order valence-corrected chi connectivity index (χ4v) is 4.22. The Morgan fingerprint density at radius 1 is 1.08 bits per heavy atom. The van der Waals surface area contributed by atoms with E-state index in [1.807, 2.05) is 54.6 Å². The van der Waals surface area contributed by atoms with Crippen LogP contribution in [0.1, 0.15) is 23.2 Å². The summed E-state index contributed by atoms with van der Waals surface area (Å²) in [7, 11) is -3.16. The number of amides is 1. The molecule has 0 saturated carbocycles. The van der Waals surface area contributed by atoms with Gasteiger partial charge in [0.15, 0.2) is 0 Å². The summed E-state index contributed by atoms with van der Waals surface area (Å²) in [5.74, 6) is 0.0344. The highest BCUT2D eigenvalue weighted by molar-refractivity contribution is 7.88. The average Bonchev–Trinajstić information content (AvgIpc) is 2.66. The molecule has 1 atom stereocenters. The van der Waals surface area contributed by atoms with Crippen LogP contribution in [0.2, 0.25) is 0 Å². The Morgan fingerprint density at radius 2 is 1.73 bits per heavy atom. The standard InChI is InChI=1S/C20H24N2O3S/c1-26(24,25)22-13-5-6-16(15-22)14-21-20(23)19-11-9-18(10-12-19)17-7-3-2-4-8-17/h2-4,7-12,16H,5-6,13-15H2,1H3,(H,21,23)/t16-/m0/s1. The van der Waals surface area contributed by atoms with Crippen LogP contribution in [0.5, 0.6) is 0 Å². The number of hydrogen-bond donors (Lipinski definition) is 1. The number of nitrogens with one attached hydrogen (secondary N) is 1. The van der Waals surface area contributed by atoms with Crippen LogP contribution in [0.4, 0.5) is 0 Å². The molecule has 138 valence electrons. The Hall–Kier alpha value is -2.18. The van der Waals surface area contributed by atoms with Gasteiger partial charge in [0.1, 0.15) is 0 Å². The van der Waals surface area contributed by atoms with Crippen LogP contribution in [-0.4, -0.2) is 44.5 Å². The van der Waals surface area contributed by atoms with E-state index >= 15 is 0 Å². The van der Waals surface area contributed by atoms with Crippen molar-refractivity contribution in [1.82, 2.24) is 9.62 Å². The van der Waals surface area contributed by atoms with E-state index in [1.165, 1.54) is 10.6 Å². The predicted octanol–water partition coefficient (Wildman–Crippen LogP) is 2.76. The van der Waals surface area contributed by atoms with Crippen molar-refractivity contribution < 1.29 is 13.2 Å². The second kappa shape index (κ2) is 8.01. The third-order valence-electron chi connectivity index (χ3n) is 4.76. The number of rotatable bonds is 5. The fraction of sp³-hybridized carbons (Fsp3) is 0.350. The Balaban J connectivity index is 1.57. The minimum atomic E-state index is -3.16. The molecule has 3 rings (SSSR count). The molecule has 0 aromatic heterocycles. The summed E-state index contributed by atoms with van der Waals surface area (Å²) >= 11 is 0. The summed E-state index contributed by atoms with van der Waals surface area (Å²) in [6.07, 6.45) is 3.00. The van der Waals surface area contributed by atoms with Crippen molar-refractivity contribution >= 4 is 15.9 Å². The zero-order valence-corrected chi connectivity index (χ0v) is 15.7. The molecule has 1 aliphatic rings. The van der Waals surface area contributed by atoms with Gasteiger partial charge in [0, 0.05) is 25.2 Å². The third-order valence-corrected chi connectivity index (χ3v) is 6.03. The van der Waals surface area contributed by atoms with Gasteiger partial charge in [-0.3, -0.25) is 4.79 Å². The lowest BCUT2D eigenvalue weighted by Gasteiger charge is -2.30. The van der Waals surface area contributed by atoms with Crippen LogP contribution in [-0.2, 0) is 10.0 Å². The van der Waals surface area contributed by atoms with Gasteiger partial charge in [-0.1, -0.05) is 42.5 Å². The van der Waals surface area contributed by atoms with Crippen LogP contribution in [0.3, 0.4) is 0 Å². The fourth-order valence-electron chi connectivity index (χ4n) is 3.28. The maximum atomic E-state index is 12.4. The molecule has 0 spiro atoms. The Kier molecular flexibility index (Phi) is 5.74. The first-order valence-corrected chi connectivity index (χ1v) is 10.7. The number of carbonyl (C=O) groups is 1. The van der Waals surface area contributed by atoms with Gasteiger partial charge >= 0.3 is 0 Å². The summed E-state index contributed by atoms with van der Waals surface area (Å²) in [4.78, 5) is 12.4. The van der Waals surface area contributed by atoms with E-state index < -0.39 is 10.0 Å². The lowest BCUT2D eigenvalue weighted by atomic mass is 9.99. The molecule has 0 bridgehead atoms. The zero-order chi connectivity index (χ0) is 18.6. The molecule has 0 unspecified atom stereocenters. The zero-order valence-electron chi connectivity index (χ0n) is 14.9. The van der Waals surface area contributed by atoms with E-state index in [9.17, 15) is 13.2 Å². The van der Waals surface area contributed by atoms with Crippen LogP contribution >= 0.6 is 0 Å². The molecular formula is C20H24N2O3S. The molecule has 26 heavy (non-hydrogen) atoms. The van der Waals surface area contributed by atoms with E-state index in [2.05, 4.69) is 5.32 Å². The van der Waals surface area contributed by atoms with E-state index in [1.54, 1.807) is 0 Å². The topological polar surface area (TPSA) is 66.5 Å². The first-order valence-electron chi connectivity index (χ1n) is 8.82. The first kappa shape index (κ1) is 18.6. The van der Waals surface area contributed by atoms with Gasteiger partial charge in [-0.15, -0.1) is 0 Å². The van der Waals surface area contributed by atoms with Gasteiger partial charge in [-0.2, -0.15) is 0 Å². The molecule has 0 radical (unpaired) electrons. The van der Waals surface area contributed by atoms with Crippen molar-refractivity contribution in [2.24, 2.45) is 5.92 Å². The Bertz CT molecular complexity index is 848. The molecule has 1 saturated heterocycles. The molecule has 1 heterocycles. The van der Waals surface area contributed by atoms with Crippen molar-refractivity contribution in [1.29, 1.82) is 0 Å². The molecule has 2 aromatic rings.